The van der Waals surface area contributed by atoms with Gasteiger partial charge in [0, 0.05) is 9.80 Å². The van der Waals surface area contributed by atoms with Crippen LogP contribution in [0.25, 0.3) is 0 Å². The van der Waals surface area contributed by atoms with E-state index in [0.717, 1.165) is 6.07 Å². The van der Waals surface area contributed by atoms with Gasteiger partial charge in [-0.25, -0.2) is 0 Å². The van der Waals surface area contributed by atoms with Crippen molar-refractivity contribution in [2.75, 3.05) is 5.33 Å². The van der Waals surface area contributed by atoms with Crippen LogP contribution in [0.2, 0.25) is 0 Å². The quantitative estimate of drug-likeness (QED) is 0.769. The molecule has 1 aromatic carbocycles. The van der Waals surface area contributed by atoms with Gasteiger partial charge in [-0.2, -0.15) is 13.2 Å². The Balaban J connectivity index is 3.05. The second-order valence-corrected chi connectivity index (χ2v) is 5.37. The van der Waals surface area contributed by atoms with Crippen molar-refractivity contribution < 1.29 is 23.4 Å². The van der Waals surface area contributed by atoms with Crippen LogP contribution in [0.1, 0.15) is 23.7 Å². The molecular weight excluding hydrogens is 381 g/mol. The molecule has 0 heterocycles. The van der Waals surface area contributed by atoms with Gasteiger partial charge in [0.25, 0.3) is 0 Å². The summed E-state index contributed by atoms with van der Waals surface area (Å²) in [7, 11) is 0. The van der Waals surface area contributed by atoms with Gasteiger partial charge in [-0.1, -0.05) is 37.9 Å². The summed E-state index contributed by atoms with van der Waals surface area (Å²) in [6.07, 6.45) is -6.70. The minimum absolute atomic E-state index is 0.0407. The molecular formula is C11H11Br2F3O2. The highest BCUT2D eigenvalue weighted by molar-refractivity contribution is 9.10. The lowest BCUT2D eigenvalue weighted by atomic mass is 10.0. The third kappa shape index (κ3) is 3.94. The maximum absolute atomic E-state index is 12.7. The number of rotatable bonds is 4. The minimum atomic E-state index is -4.51. The molecule has 1 aromatic rings. The Labute approximate surface area is 119 Å². The van der Waals surface area contributed by atoms with Crippen molar-refractivity contribution in [2.45, 2.75) is 24.8 Å². The average molecular weight is 392 g/mol. The second-order valence-electron chi connectivity index (χ2n) is 3.73. The molecule has 2 unspecified atom stereocenters. The molecule has 0 saturated carbocycles. The van der Waals surface area contributed by atoms with Crippen molar-refractivity contribution in [3.05, 3.63) is 33.8 Å². The Morgan fingerprint density at radius 1 is 1.22 bits per heavy atom. The van der Waals surface area contributed by atoms with Crippen LogP contribution in [0.5, 0.6) is 0 Å². The summed E-state index contributed by atoms with van der Waals surface area (Å²) in [5.74, 6) is 0. The van der Waals surface area contributed by atoms with Crippen molar-refractivity contribution in [1.82, 2.24) is 0 Å². The standard InChI is InChI=1S/C11H11Br2F3O2/c12-4-3-9(17)10(18)6-1-2-8(13)7(5-6)11(14,15)16/h1-2,5,9-10,17-18H,3-4H2. The van der Waals surface area contributed by atoms with Crippen LogP contribution in [0.15, 0.2) is 22.7 Å². The lowest BCUT2D eigenvalue weighted by Gasteiger charge is -2.19. The van der Waals surface area contributed by atoms with E-state index >= 15 is 0 Å². The first kappa shape index (κ1) is 15.9. The molecule has 0 saturated heterocycles. The summed E-state index contributed by atoms with van der Waals surface area (Å²) in [5, 5.41) is 19.8. The first-order valence-corrected chi connectivity index (χ1v) is 6.97. The van der Waals surface area contributed by atoms with Crippen LogP contribution in [-0.4, -0.2) is 21.6 Å². The van der Waals surface area contributed by atoms with E-state index in [9.17, 15) is 23.4 Å². The molecule has 2 N–H and O–H groups in total. The van der Waals surface area contributed by atoms with Crippen LogP contribution in [0, 0.1) is 0 Å². The molecule has 2 atom stereocenters. The molecule has 0 spiro atoms. The lowest BCUT2D eigenvalue weighted by molar-refractivity contribution is -0.138. The van der Waals surface area contributed by atoms with Crippen LogP contribution in [-0.2, 0) is 6.18 Å². The van der Waals surface area contributed by atoms with Crippen molar-refractivity contribution in [1.29, 1.82) is 0 Å². The largest absolute Gasteiger partial charge is 0.417 e. The van der Waals surface area contributed by atoms with E-state index in [-0.39, 0.29) is 16.5 Å². The van der Waals surface area contributed by atoms with Gasteiger partial charge < -0.3 is 10.2 Å². The number of halogens is 5. The van der Waals surface area contributed by atoms with Gasteiger partial charge in [0.15, 0.2) is 0 Å². The Morgan fingerprint density at radius 2 is 1.83 bits per heavy atom. The van der Waals surface area contributed by atoms with Crippen molar-refractivity contribution in [2.24, 2.45) is 0 Å². The van der Waals surface area contributed by atoms with Crippen LogP contribution in [0.3, 0.4) is 0 Å². The number of aliphatic hydroxyl groups is 2. The summed E-state index contributed by atoms with van der Waals surface area (Å²) in [6.45, 7) is 0. The summed E-state index contributed by atoms with van der Waals surface area (Å²) in [4.78, 5) is 0. The maximum atomic E-state index is 12.7. The highest BCUT2D eigenvalue weighted by atomic mass is 79.9. The highest BCUT2D eigenvalue weighted by Crippen LogP contribution is 2.36. The molecule has 2 nitrogen and oxygen atoms in total. The SMILES string of the molecule is OC(CCBr)C(O)c1ccc(Br)c(C(F)(F)F)c1. The molecule has 7 heteroatoms. The molecule has 0 aromatic heterocycles. The fourth-order valence-electron chi connectivity index (χ4n) is 1.44. The molecule has 0 aliphatic carbocycles. The molecule has 102 valence electrons. The molecule has 0 aliphatic heterocycles. The fourth-order valence-corrected chi connectivity index (χ4v) is 2.38. The Kier molecular flexibility index (Phi) is 5.64. The molecule has 0 radical (unpaired) electrons. The molecule has 0 fully saturated rings. The Bertz CT molecular complexity index is 410. The van der Waals surface area contributed by atoms with E-state index in [1.165, 1.54) is 12.1 Å². The zero-order valence-corrected chi connectivity index (χ0v) is 12.3. The third-order valence-electron chi connectivity index (χ3n) is 2.41. The van der Waals surface area contributed by atoms with Crippen LogP contribution < -0.4 is 0 Å². The summed E-state index contributed by atoms with van der Waals surface area (Å²) in [6, 6.07) is 3.40. The number of hydrogen-bond acceptors (Lipinski definition) is 2. The smallest absolute Gasteiger partial charge is 0.390 e. The highest BCUT2D eigenvalue weighted by Gasteiger charge is 2.34. The van der Waals surface area contributed by atoms with Gasteiger partial charge in [-0.3, -0.25) is 0 Å². The monoisotopic (exact) mass is 390 g/mol. The van der Waals surface area contributed by atoms with E-state index in [1.54, 1.807) is 0 Å². The summed E-state index contributed by atoms with van der Waals surface area (Å²) < 4.78 is 37.9. The second kappa shape index (κ2) is 6.36. The van der Waals surface area contributed by atoms with Gasteiger partial charge in [0.05, 0.1) is 11.7 Å². The number of aliphatic hydroxyl groups excluding tert-OH is 2. The maximum Gasteiger partial charge on any atom is 0.417 e. The van der Waals surface area contributed by atoms with Gasteiger partial charge in [-0.15, -0.1) is 0 Å². The van der Waals surface area contributed by atoms with E-state index in [0.29, 0.717) is 5.33 Å². The van der Waals surface area contributed by atoms with Gasteiger partial charge in [0.2, 0.25) is 0 Å². The fraction of sp³-hybridized carbons (Fsp3) is 0.455. The predicted molar refractivity (Wildman–Crippen MR) is 68.5 cm³/mol. The summed E-state index contributed by atoms with van der Waals surface area (Å²) >= 11 is 5.90. The van der Waals surface area contributed by atoms with E-state index in [4.69, 9.17) is 0 Å². The van der Waals surface area contributed by atoms with E-state index < -0.39 is 23.9 Å². The molecule has 18 heavy (non-hydrogen) atoms. The molecule has 0 aliphatic rings. The van der Waals surface area contributed by atoms with Gasteiger partial charge in [-0.05, 0) is 24.1 Å². The first-order valence-electron chi connectivity index (χ1n) is 5.06. The molecule has 0 amide bonds. The van der Waals surface area contributed by atoms with Crippen molar-refractivity contribution >= 4 is 31.9 Å². The molecule has 0 bridgehead atoms. The zero-order valence-electron chi connectivity index (χ0n) is 9.09. The van der Waals surface area contributed by atoms with E-state index in [1.807, 2.05) is 0 Å². The first-order chi connectivity index (χ1) is 8.27. The van der Waals surface area contributed by atoms with E-state index in [2.05, 4.69) is 31.9 Å². The third-order valence-corrected chi connectivity index (χ3v) is 3.56. The topological polar surface area (TPSA) is 40.5 Å². The van der Waals surface area contributed by atoms with Gasteiger partial charge >= 0.3 is 6.18 Å². The average Bonchev–Trinajstić information content (AvgIpc) is 2.27. The van der Waals surface area contributed by atoms with Crippen molar-refractivity contribution in [3.63, 3.8) is 0 Å². The Morgan fingerprint density at radius 3 is 2.33 bits per heavy atom. The number of alkyl halides is 4. The minimum Gasteiger partial charge on any atom is -0.390 e. The number of benzene rings is 1. The Hall–Kier alpha value is -0.110. The predicted octanol–water partition coefficient (Wildman–Crippen LogP) is 3.65. The zero-order chi connectivity index (χ0) is 13.9. The van der Waals surface area contributed by atoms with Crippen LogP contribution in [0.4, 0.5) is 13.2 Å². The number of hydrogen-bond donors (Lipinski definition) is 2. The summed E-state index contributed by atoms with van der Waals surface area (Å²) in [5.41, 5.74) is -0.830. The lowest BCUT2D eigenvalue weighted by Crippen LogP contribution is -2.19. The molecule has 1 rings (SSSR count). The van der Waals surface area contributed by atoms with Gasteiger partial charge in [0.1, 0.15) is 6.10 Å². The normalized spacial score (nSPS) is 15.5. The van der Waals surface area contributed by atoms with Crippen LogP contribution >= 0.6 is 31.9 Å². The van der Waals surface area contributed by atoms with Crippen molar-refractivity contribution in [3.8, 4) is 0 Å².